The molecule has 2 amide bonds. The number of benzene rings is 2. The highest BCUT2D eigenvalue weighted by Gasteiger charge is 2.37. The highest BCUT2D eigenvalue weighted by atomic mass is 16.5. The Morgan fingerprint density at radius 3 is 2.47 bits per heavy atom. The molecule has 1 aliphatic heterocycles. The molecule has 1 atom stereocenters. The van der Waals surface area contributed by atoms with E-state index in [2.05, 4.69) is 5.32 Å². The Morgan fingerprint density at radius 1 is 1.06 bits per heavy atom. The molecule has 1 aliphatic rings. The van der Waals surface area contributed by atoms with Gasteiger partial charge in [-0.2, -0.15) is 0 Å². The van der Waals surface area contributed by atoms with Crippen molar-refractivity contribution in [1.29, 1.82) is 0 Å². The van der Waals surface area contributed by atoms with E-state index in [1.165, 1.54) is 4.90 Å². The van der Waals surface area contributed by atoms with Crippen molar-refractivity contribution in [2.24, 2.45) is 0 Å². The second kappa shape index (κ2) is 9.81. The van der Waals surface area contributed by atoms with Crippen LogP contribution in [0, 0.1) is 20.8 Å². The molecule has 0 saturated heterocycles. The van der Waals surface area contributed by atoms with E-state index in [-0.39, 0.29) is 31.4 Å². The van der Waals surface area contributed by atoms with Crippen LogP contribution < -0.4 is 5.32 Å². The Balaban J connectivity index is 1.90. The van der Waals surface area contributed by atoms with Gasteiger partial charge in [0.25, 0.3) is 0 Å². The van der Waals surface area contributed by atoms with Gasteiger partial charge in [0.1, 0.15) is 6.54 Å². The summed E-state index contributed by atoms with van der Waals surface area (Å²) in [6, 6.07) is 13.4. The fourth-order valence-electron chi connectivity index (χ4n) is 4.01. The van der Waals surface area contributed by atoms with Crippen molar-refractivity contribution in [3.05, 3.63) is 76.0 Å². The number of amides is 2. The number of rotatable bonds is 6. The Morgan fingerprint density at radius 2 is 1.81 bits per heavy atom. The maximum atomic E-state index is 13.0. The zero-order chi connectivity index (χ0) is 23.4. The Labute approximate surface area is 189 Å². The topological polar surface area (TPSA) is 75.7 Å². The summed E-state index contributed by atoms with van der Waals surface area (Å²) in [6.07, 6.45) is 0.103. The molecule has 6 heteroatoms. The summed E-state index contributed by atoms with van der Waals surface area (Å²) in [5, 5.41) is 2.85. The number of ether oxygens (including phenoxy) is 1. The molecule has 1 N–H and O–H groups in total. The first kappa shape index (κ1) is 23.3. The monoisotopic (exact) mass is 434 g/mol. The molecule has 2 aromatic rings. The van der Waals surface area contributed by atoms with Crippen molar-refractivity contribution in [1.82, 2.24) is 4.90 Å². The fourth-order valence-corrected chi connectivity index (χ4v) is 4.01. The number of esters is 1. The lowest BCUT2D eigenvalue weighted by atomic mass is 9.83. The predicted octanol–water partition coefficient (Wildman–Crippen LogP) is 4.40. The van der Waals surface area contributed by atoms with Gasteiger partial charge in [0.15, 0.2) is 0 Å². The fraction of sp³-hybridized carbons (Fsp3) is 0.346. The molecule has 168 valence electrons. The number of nitrogens with zero attached hydrogens (tertiary/aromatic N) is 1. The molecule has 0 bridgehead atoms. The summed E-state index contributed by atoms with van der Waals surface area (Å²) in [6.45, 7) is 9.47. The van der Waals surface area contributed by atoms with E-state index in [4.69, 9.17) is 4.74 Å². The van der Waals surface area contributed by atoms with E-state index in [0.717, 1.165) is 22.3 Å². The van der Waals surface area contributed by atoms with Gasteiger partial charge in [-0.1, -0.05) is 35.9 Å². The van der Waals surface area contributed by atoms with Crippen molar-refractivity contribution in [2.75, 3.05) is 18.5 Å². The summed E-state index contributed by atoms with van der Waals surface area (Å²) in [7, 11) is 0. The zero-order valence-corrected chi connectivity index (χ0v) is 19.3. The maximum absolute atomic E-state index is 13.0. The highest BCUT2D eigenvalue weighted by Crippen LogP contribution is 2.37. The van der Waals surface area contributed by atoms with Gasteiger partial charge in [0, 0.05) is 23.7 Å². The molecule has 0 saturated carbocycles. The molecule has 0 fully saturated rings. The van der Waals surface area contributed by atoms with Crippen LogP contribution in [0.4, 0.5) is 5.69 Å². The van der Waals surface area contributed by atoms with Crippen molar-refractivity contribution in [2.45, 2.75) is 47.0 Å². The first-order chi connectivity index (χ1) is 15.2. The number of hydrogen-bond donors (Lipinski definition) is 1. The number of aryl methyl sites for hydroxylation is 3. The van der Waals surface area contributed by atoms with Crippen molar-refractivity contribution in [3.63, 3.8) is 0 Å². The lowest BCUT2D eigenvalue weighted by molar-refractivity contribution is -0.140. The molecule has 6 nitrogen and oxygen atoms in total. The van der Waals surface area contributed by atoms with Crippen LogP contribution in [0.2, 0.25) is 0 Å². The second-order valence-corrected chi connectivity index (χ2v) is 8.22. The van der Waals surface area contributed by atoms with Gasteiger partial charge in [-0.15, -0.1) is 0 Å². The number of carbonyl (C=O) groups excluding carboxylic acids is 3. The molecule has 0 radical (unpaired) electrons. The maximum Gasteiger partial charge on any atom is 0.336 e. The van der Waals surface area contributed by atoms with Crippen molar-refractivity contribution < 1.29 is 19.1 Å². The third kappa shape index (κ3) is 5.07. The Bertz CT molecular complexity index is 1090. The van der Waals surface area contributed by atoms with Gasteiger partial charge in [0.2, 0.25) is 11.8 Å². The van der Waals surface area contributed by atoms with Crippen LogP contribution in [-0.2, 0) is 19.1 Å². The van der Waals surface area contributed by atoms with Crippen LogP contribution in [0.25, 0.3) is 0 Å². The normalized spacial score (nSPS) is 16.2. The first-order valence-electron chi connectivity index (χ1n) is 10.8. The molecular formula is C26H30N2O4. The average molecular weight is 435 g/mol. The van der Waals surface area contributed by atoms with Crippen molar-refractivity contribution >= 4 is 23.5 Å². The smallest absolute Gasteiger partial charge is 0.336 e. The lowest BCUT2D eigenvalue weighted by Gasteiger charge is -2.34. The van der Waals surface area contributed by atoms with E-state index in [0.29, 0.717) is 17.0 Å². The zero-order valence-electron chi connectivity index (χ0n) is 19.3. The van der Waals surface area contributed by atoms with E-state index < -0.39 is 11.9 Å². The Kier molecular flexibility index (Phi) is 7.13. The van der Waals surface area contributed by atoms with Crippen LogP contribution in [-0.4, -0.2) is 35.8 Å². The van der Waals surface area contributed by atoms with E-state index in [9.17, 15) is 14.4 Å². The summed E-state index contributed by atoms with van der Waals surface area (Å²) in [4.78, 5) is 40.0. The third-order valence-electron chi connectivity index (χ3n) is 5.86. The molecule has 1 heterocycles. The summed E-state index contributed by atoms with van der Waals surface area (Å²) < 4.78 is 5.31. The minimum Gasteiger partial charge on any atom is -0.463 e. The van der Waals surface area contributed by atoms with Crippen LogP contribution in [0.5, 0.6) is 0 Å². The lowest BCUT2D eigenvalue weighted by Crippen LogP contribution is -2.42. The summed E-state index contributed by atoms with van der Waals surface area (Å²) >= 11 is 0. The SMILES string of the molecule is CCOC(=O)C1=C(C)N(CC(=O)Nc2ccc(C)c(C)c2)C(=O)CC1c1cccc(C)c1. The second-order valence-electron chi connectivity index (χ2n) is 8.22. The number of anilines is 1. The van der Waals surface area contributed by atoms with Gasteiger partial charge >= 0.3 is 5.97 Å². The molecule has 1 unspecified atom stereocenters. The first-order valence-corrected chi connectivity index (χ1v) is 10.8. The largest absolute Gasteiger partial charge is 0.463 e. The quantitative estimate of drug-likeness (QED) is 0.684. The minimum absolute atomic E-state index is 0.103. The molecular weight excluding hydrogens is 404 g/mol. The predicted molar refractivity (Wildman–Crippen MR) is 124 cm³/mol. The van der Waals surface area contributed by atoms with E-state index in [1.54, 1.807) is 13.8 Å². The molecule has 3 rings (SSSR count). The minimum atomic E-state index is -0.455. The van der Waals surface area contributed by atoms with E-state index in [1.807, 2.05) is 63.2 Å². The average Bonchev–Trinajstić information content (AvgIpc) is 2.73. The standard InChI is InChI=1S/C26H30N2O4/c1-6-32-26(31)25-19(5)28(15-23(29)27-21-11-10-17(3)18(4)13-21)24(30)14-22(25)20-9-7-8-16(2)12-20/h7-13,22H,6,14-15H2,1-5H3,(H,27,29). The van der Waals surface area contributed by atoms with Gasteiger partial charge < -0.3 is 15.0 Å². The highest BCUT2D eigenvalue weighted by molar-refractivity contribution is 5.99. The van der Waals surface area contributed by atoms with Crippen LogP contribution in [0.3, 0.4) is 0 Å². The van der Waals surface area contributed by atoms with Gasteiger partial charge in [0.05, 0.1) is 12.2 Å². The van der Waals surface area contributed by atoms with Crippen LogP contribution in [0.1, 0.15) is 48.4 Å². The summed E-state index contributed by atoms with van der Waals surface area (Å²) in [5.74, 6) is -1.38. The number of allylic oxidation sites excluding steroid dienone is 1. The van der Waals surface area contributed by atoms with Gasteiger partial charge in [-0.05, 0) is 63.4 Å². The van der Waals surface area contributed by atoms with Gasteiger partial charge in [-0.3, -0.25) is 9.59 Å². The molecule has 0 aromatic heterocycles. The molecule has 0 aliphatic carbocycles. The molecule has 32 heavy (non-hydrogen) atoms. The summed E-state index contributed by atoms with van der Waals surface area (Å²) in [5.41, 5.74) is 5.70. The number of nitrogens with one attached hydrogen (secondary N) is 1. The number of carbonyl (C=O) groups is 3. The molecule has 0 spiro atoms. The number of hydrogen-bond acceptors (Lipinski definition) is 4. The van der Waals surface area contributed by atoms with Gasteiger partial charge in [-0.25, -0.2) is 4.79 Å². The molecule has 2 aromatic carbocycles. The van der Waals surface area contributed by atoms with Crippen LogP contribution >= 0.6 is 0 Å². The van der Waals surface area contributed by atoms with Crippen molar-refractivity contribution in [3.8, 4) is 0 Å². The third-order valence-corrected chi connectivity index (χ3v) is 5.86. The Hall–Kier alpha value is -3.41. The van der Waals surface area contributed by atoms with Crippen LogP contribution in [0.15, 0.2) is 53.7 Å². The van der Waals surface area contributed by atoms with E-state index >= 15 is 0 Å².